The molecule has 8 heteroatoms. The van der Waals surface area contributed by atoms with E-state index in [4.69, 9.17) is 8.84 Å². The highest BCUT2D eigenvalue weighted by Gasteiger charge is 2.47. The van der Waals surface area contributed by atoms with Gasteiger partial charge >= 0.3 is 0 Å². The van der Waals surface area contributed by atoms with Gasteiger partial charge in [-0.05, 0) is 30.8 Å². The Morgan fingerprint density at radius 3 is 2.04 bits per heavy atom. The van der Waals surface area contributed by atoms with Gasteiger partial charge in [-0.25, -0.2) is 22.0 Å². The Morgan fingerprint density at radius 1 is 0.962 bits per heavy atom. The van der Waals surface area contributed by atoms with Crippen molar-refractivity contribution in [3.05, 3.63) is 64.9 Å². The van der Waals surface area contributed by atoms with Crippen LogP contribution in [0.5, 0.6) is 0 Å². The van der Waals surface area contributed by atoms with Crippen LogP contribution in [-0.4, -0.2) is 13.9 Å². The van der Waals surface area contributed by atoms with Gasteiger partial charge in [-0.3, -0.25) is 0 Å². The van der Waals surface area contributed by atoms with Crippen LogP contribution in [-0.2, 0) is 10.8 Å². The van der Waals surface area contributed by atoms with Gasteiger partial charge in [0.2, 0.25) is 14.1 Å². The fourth-order valence-corrected chi connectivity index (χ4v) is 6.22. The molecule has 0 spiro atoms. The number of furan rings is 1. The highest BCUT2D eigenvalue weighted by molar-refractivity contribution is 6.90. The Balaban J connectivity index is 2.09. The molecule has 140 valence electrons. The summed E-state index contributed by atoms with van der Waals surface area (Å²) in [5, 5.41) is 0.858. The Hall–Kier alpha value is -1.93. The summed E-state index contributed by atoms with van der Waals surface area (Å²) in [5.41, 5.74) is -1.23. The van der Waals surface area contributed by atoms with Gasteiger partial charge in [0.15, 0.2) is 23.3 Å². The SMILES string of the molecule is CCC1(Cc2c(F)c(F)c(F)c(F)c2F)C=C(c2ccoc2)[Si](C)(C)O1. The first-order valence-corrected chi connectivity index (χ1v) is 11.0. The second kappa shape index (κ2) is 6.35. The van der Waals surface area contributed by atoms with E-state index < -0.39 is 55.0 Å². The van der Waals surface area contributed by atoms with E-state index in [1.807, 2.05) is 13.1 Å². The monoisotopic (exact) mass is 388 g/mol. The summed E-state index contributed by atoms with van der Waals surface area (Å²) < 4.78 is 79.9. The predicted molar refractivity (Wildman–Crippen MR) is 88.2 cm³/mol. The van der Waals surface area contributed by atoms with Crippen LogP contribution in [0.15, 0.2) is 29.1 Å². The second-order valence-corrected chi connectivity index (χ2v) is 10.6. The zero-order valence-corrected chi connectivity index (χ0v) is 15.4. The third-order valence-electron chi connectivity index (χ3n) is 4.72. The Labute approximate surface area is 148 Å². The lowest BCUT2D eigenvalue weighted by Gasteiger charge is -2.31. The first kappa shape index (κ1) is 18.8. The molecule has 1 aliphatic rings. The molecule has 0 radical (unpaired) electrons. The van der Waals surface area contributed by atoms with Crippen LogP contribution in [0.1, 0.15) is 24.5 Å². The molecular weight excluding hydrogens is 371 g/mol. The van der Waals surface area contributed by atoms with Crippen molar-refractivity contribution in [1.29, 1.82) is 0 Å². The molecular formula is C18H17F5O2Si. The molecule has 26 heavy (non-hydrogen) atoms. The van der Waals surface area contributed by atoms with Crippen molar-refractivity contribution in [2.24, 2.45) is 0 Å². The van der Waals surface area contributed by atoms with Gasteiger partial charge in [0, 0.05) is 17.5 Å². The minimum absolute atomic E-state index is 0.310. The van der Waals surface area contributed by atoms with Gasteiger partial charge in [-0.15, -0.1) is 0 Å². The van der Waals surface area contributed by atoms with E-state index in [0.717, 1.165) is 10.8 Å². The van der Waals surface area contributed by atoms with Crippen molar-refractivity contribution >= 4 is 13.5 Å². The van der Waals surface area contributed by atoms with Crippen molar-refractivity contribution < 1.29 is 30.8 Å². The fourth-order valence-electron chi connectivity index (χ4n) is 3.37. The number of halogens is 5. The summed E-state index contributed by atoms with van der Waals surface area (Å²) >= 11 is 0. The van der Waals surface area contributed by atoms with E-state index in [1.54, 1.807) is 19.1 Å². The topological polar surface area (TPSA) is 22.4 Å². The zero-order chi connectivity index (χ0) is 19.3. The van der Waals surface area contributed by atoms with Crippen molar-refractivity contribution in [2.75, 3.05) is 0 Å². The maximum absolute atomic E-state index is 14.1. The molecule has 0 fully saturated rings. The number of benzene rings is 1. The Bertz CT molecular complexity index is 847. The van der Waals surface area contributed by atoms with Gasteiger partial charge in [0.1, 0.15) is 0 Å². The molecule has 0 N–H and O–H groups in total. The van der Waals surface area contributed by atoms with Crippen LogP contribution in [0.3, 0.4) is 0 Å². The van der Waals surface area contributed by atoms with E-state index in [1.165, 1.54) is 12.5 Å². The molecule has 0 amide bonds. The van der Waals surface area contributed by atoms with Gasteiger partial charge in [-0.2, -0.15) is 0 Å². The van der Waals surface area contributed by atoms with Crippen LogP contribution in [0.2, 0.25) is 13.1 Å². The summed E-state index contributed by atoms with van der Waals surface area (Å²) in [6, 6.07) is 1.74. The Kier molecular flexibility index (Phi) is 4.60. The van der Waals surface area contributed by atoms with Crippen molar-refractivity contribution in [2.45, 2.75) is 38.5 Å². The molecule has 2 heterocycles. The average molecular weight is 388 g/mol. The maximum atomic E-state index is 14.1. The van der Waals surface area contributed by atoms with Crippen molar-refractivity contribution in [1.82, 2.24) is 0 Å². The smallest absolute Gasteiger partial charge is 0.219 e. The standard InChI is InChI=1S/C18H17F5O2Si/c1-4-18(7-11-13(19)15(21)17(23)16(22)14(11)20)8-12(26(2,3)25-18)10-5-6-24-9-10/h5-6,8-9H,4,7H2,1-3H3. The van der Waals surface area contributed by atoms with E-state index in [-0.39, 0.29) is 0 Å². The lowest BCUT2D eigenvalue weighted by Crippen LogP contribution is -2.39. The molecule has 0 aliphatic carbocycles. The summed E-state index contributed by atoms with van der Waals surface area (Å²) in [6.45, 7) is 5.55. The first-order valence-electron chi connectivity index (χ1n) is 8.08. The molecule has 3 rings (SSSR count). The number of hydrogen-bond donors (Lipinski definition) is 0. The number of rotatable bonds is 4. The Morgan fingerprint density at radius 2 is 1.54 bits per heavy atom. The molecule has 2 aromatic rings. The second-order valence-electron chi connectivity index (χ2n) is 6.83. The van der Waals surface area contributed by atoms with Crippen LogP contribution < -0.4 is 0 Å². The van der Waals surface area contributed by atoms with E-state index >= 15 is 0 Å². The minimum atomic E-state index is -2.46. The molecule has 0 bridgehead atoms. The molecule has 1 atom stereocenters. The van der Waals surface area contributed by atoms with Crippen molar-refractivity contribution in [3.63, 3.8) is 0 Å². The number of hydrogen-bond acceptors (Lipinski definition) is 2. The summed E-state index contributed by atoms with van der Waals surface area (Å²) in [7, 11) is -2.46. The van der Waals surface area contributed by atoms with E-state index in [2.05, 4.69) is 0 Å². The third-order valence-corrected chi connectivity index (χ3v) is 7.37. The van der Waals surface area contributed by atoms with Gasteiger partial charge in [0.05, 0.1) is 18.1 Å². The summed E-state index contributed by atoms with van der Waals surface area (Å²) in [6.07, 6.45) is 4.63. The molecule has 1 aromatic carbocycles. The first-order chi connectivity index (χ1) is 12.1. The molecule has 1 aliphatic heterocycles. The lowest BCUT2D eigenvalue weighted by molar-refractivity contribution is 0.117. The van der Waals surface area contributed by atoms with Crippen LogP contribution in [0, 0.1) is 29.1 Å². The molecule has 2 nitrogen and oxygen atoms in total. The molecule has 0 saturated heterocycles. The largest absolute Gasteiger partial charge is 0.472 e. The normalized spacial score (nSPS) is 21.9. The third kappa shape index (κ3) is 2.90. The van der Waals surface area contributed by atoms with Crippen LogP contribution >= 0.6 is 0 Å². The van der Waals surface area contributed by atoms with E-state index in [9.17, 15) is 22.0 Å². The quantitative estimate of drug-likeness (QED) is 0.298. The zero-order valence-electron chi connectivity index (χ0n) is 14.4. The highest BCUT2D eigenvalue weighted by atomic mass is 28.4. The molecule has 1 unspecified atom stereocenters. The van der Waals surface area contributed by atoms with Gasteiger partial charge < -0.3 is 8.84 Å². The maximum Gasteiger partial charge on any atom is 0.219 e. The average Bonchev–Trinajstić information content (AvgIpc) is 3.21. The molecule has 0 saturated carbocycles. The predicted octanol–water partition coefficient (Wildman–Crippen LogP) is 5.52. The fraction of sp³-hybridized carbons (Fsp3) is 0.333. The van der Waals surface area contributed by atoms with Crippen LogP contribution in [0.4, 0.5) is 22.0 Å². The lowest BCUT2D eigenvalue weighted by atomic mass is 9.90. The highest BCUT2D eigenvalue weighted by Crippen LogP contribution is 2.43. The van der Waals surface area contributed by atoms with E-state index in [0.29, 0.717) is 6.42 Å². The van der Waals surface area contributed by atoms with Crippen LogP contribution in [0.25, 0.3) is 5.20 Å². The van der Waals surface area contributed by atoms with Gasteiger partial charge in [0.25, 0.3) is 0 Å². The van der Waals surface area contributed by atoms with Crippen molar-refractivity contribution in [3.8, 4) is 0 Å². The minimum Gasteiger partial charge on any atom is -0.472 e. The summed E-state index contributed by atoms with van der Waals surface area (Å²) in [4.78, 5) is 0. The van der Waals surface area contributed by atoms with Gasteiger partial charge in [-0.1, -0.05) is 13.0 Å². The molecule has 1 aromatic heterocycles. The summed E-state index contributed by atoms with van der Waals surface area (Å²) in [5.74, 6) is -9.69.